The van der Waals surface area contributed by atoms with Crippen molar-refractivity contribution in [3.8, 4) is 0 Å². The molecule has 5 N–H and O–H groups in total. The van der Waals surface area contributed by atoms with Crippen molar-refractivity contribution >= 4 is 17.8 Å². The normalized spacial score (nSPS) is 8.75. The molecule has 7 heteroatoms. The van der Waals surface area contributed by atoms with Crippen molar-refractivity contribution in [3.63, 3.8) is 0 Å². The Balaban J connectivity index is 3.60. The van der Waals surface area contributed by atoms with Gasteiger partial charge in [-0.3, -0.25) is 25.5 Å². The second kappa shape index (κ2) is 5.08. The summed E-state index contributed by atoms with van der Waals surface area (Å²) in [6.07, 6.45) is -0.524. The molecule has 0 unspecified atom stereocenters. The SMILES string of the molecule is N=C(NO)NC(=O)CCC(=O)O. The van der Waals surface area contributed by atoms with Gasteiger partial charge in [0.05, 0.1) is 6.42 Å². The molecule has 0 saturated carbocycles. The van der Waals surface area contributed by atoms with Gasteiger partial charge in [0.15, 0.2) is 0 Å². The van der Waals surface area contributed by atoms with Crippen molar-refractivity contribution in [1.82, 2.24) is 10.8 Å². The number of nitrogens with one attached hydrogen (secondary N) is 3. The first-order valence-corrected chi connectivity index (χ1v) is 3.06. The molecule has 0 aliphatic heterocycles. The Morgan fingerprint density at radius 2 is 1.92 bits per heavy atom. The van der Waals surface area contributed by atoms with Crippen LogP contribution in [0.2, 0.25) is 0 Å². The molecule has 0 saturated heterocycles. The van der Waals surface area contributed by atoms with Crippen LogP contribution >= 0.6 is 0 Å². The van der Waals surface area contributed by atoms with Gasteiger partial charge in [-0.1, -0.05) is 0 Å². The quantitative estimate of drug-likeness (QED) is 0.211. The summed E-state index contributed by atoms with van der Waals surface area (Å²) in [6.45, 7) is 0. The summed E-state index contributed by atoms with van der Waals surface area (Å²) in [5.41, 5.74) is 1.39. The van der Waals surface area contributed by atoms with E-state index in [0.29, 0.717) is 0 Å². The lowest BCUT2D eigenvalue weighted by molar-refractivity contribution is -0.138. The molecule has 0 atom stereocenters. The molecule has 0 aromatic rings. The van der Waals surface area contributed by atoms with E-state index in [1.807, 2.05) is 5.32 Å². The van der Waals surface area contributed by atoms with E-state index in [9.17, 15) is 9.59 Å². The molecule has 7 nitrogen and oxygen atoms in total. The molecule has 0 aliphatic rings. The van der Waals surface area contributed by atoms with Crippen molar-refractivity contribution in [2.75, 3.05) is 0 Å². The summed E-state index contributed by atoms with van der Waals surface area (Å²) in [5, 5.41) is 24.8. The smallest absolute Gasteiger partial charge is 0.303 e. The van der Waals surface area contributed by atoms with E-state index >= 15 is 0 Å². The first kappa shape index (κ1) is 10.4. The molecule has 0 spiro atoms. The van der Waals surface area contributed by atoms with Gasteiger partial charge in [-0.15, -0.1) is 0 Å². The molecule has 0 aliphatic carbocycles. The summed E-state index contributed by atoms with van der Waals surface area (Å²) in [5.74, 6) is -2.30. The van der Waals surface area contributed by atoms with Gasteiger partial charge < -0.3 is 5.11 Å². The Morgan fingerprint density at radius 1 is 1.33 bits per heavy atom. The van der Waals surface area contributed by atoms with Crippen LogP contribution in [0.25, 0.3) is 0 Å². The van der Waals surface area contributed by atoms with Crippen LogP contribution in [0.15, 0.2) is 0 Å². The van der Waals surface area contributed by atoms with Crippen LogP contribution in [0.3, 0.4) is 0 Å². The van der Waals surface area contributed by atoms with Gasteiger partial charge in [-0.25, -0.2) is 5.48 Å². The lowest BCUT2D eigenvalue weighted by Crippen LogP contribution is -2.38. The van der Waals surface area contributed by atoms with Crippen LogP contribution in [-0.4, -0.2) is 28.1 Å². The minimum absolute atomic E-state index is 0.223. The molecule has 0 aromatic heterocycles. The summed E-state index contributed by atoms with van der Waals surface area (Å²) >= 11 is 0. The van der Waals surface area contributed by atoms with Crippen LogP contribution in [0.4, 0.5) is 0 Å². The second-order valence-corrected chi connectivity index (χ2v) is 1.93. The van der Waals surface area contributed by atoms with Gasteiger partial charge in [0.25, 0.3) is 0 Å². The van der Waals surface area contributed by atoms with Crippen molar-refractivity contribution in [3.05, 3.63) is 0 Å². The number of amides is 1. The lowest BCUT2D eigenvalue weighted by Gasteiger charge is -2.02. The lowest BCUT2D eigenvalue weighted by atomic mass is 10.3. The molecular weight excluding hydrogens is 166 g/mol. The van der Waals surface area contributed by atoms with Crippen molar-refractivity contribution in [1.29, 1.82) is 5.41 Å². The highest BCUT2D eigenvalue weighted by Crippen LogP contribution is 1.87. The van der Waals surface area contributed by atoms with Crippen LogP contribution in [0.5, 0.6) is 0 Å². The van der Waals surface area contributed by atoms with Gasteiger partial charge in [0, 0.05) is 6.42 Å². The number of rotatable bonds is 3. The van der Waals surface area contributed by atoms with Gasteiger partial charge in [-0.2, -0.15) is 0 Å². The Morgan fingerprint density at radius 3 is 2.33 bits per heavy atom. The molecule has 0 rings (SSSR count). The van der Waals surface area contributed by atoms with Gasteiger partial charge in [-0.05, 0) is 0 Å². The zero-order chi connectivity index (χ0) is 9.56. The Bertz CT molecular complexity index is 203. The van der Waals surface area contributed by atoms with E-state index in [1.165, 1.54) is 5.48 Å². The van der Waals surface area contributed by atoms with E-state index in [-0.39, 0.29) is 12.8 Å². The predicted octanol–water partition coefficient (Wildman–Crippen LogP) is -1.12. The summed E-state index contributed by atoms with van der Waals surface area (Å²) in [6, 6.07) is 0. The number of hydroxylamine groups is 1. The fourth-order valence-electron chi connectivity index (χ4n) is 0.450. The fraction of sp³-hybridized carbons (Fsp3) is 0.400. The maximum atomic E-state index is 10.7. The molecule has 0 heterocycles. The highest BCUT2D eigenvalue weighted by molar-refractivity contribution is 5.95. The summed E-state index contributed by atoms with van der Waals surface area (Å²) < 4.78 is 0. The minimum Gasteiger partial charge on any atom is -0.481 e. The number of carbonyl (C=O) groups is 2. The number of carbonyl (C=O) groups excluding carboxylic acids is 1. The first-order valence-electron chi connectivity index (χ1n) is 3.06. The van der Waals surface area contributed by atoms with Crippen molar-refractivity contribution in [2.24, 2.45) is 0 Å². The number of aliphatic carboxylic acids is 1. The number of carboxylic acid groups (broad SMARTS) is 1. The van der Waals surface area contributed by atoms with Crippen LogP contribution < -0.4 is 10.8 Å². The largest absolute Gasteiger partial charge is 0.481 e. The fourth-order valence-corrected chi connectivity index (χ4v) is 0.450. The molecule has 0 aromatic carbocycles. The zero-order valence-electron chi connectivity index (χ0n) is 6.13. The molecule has 68 valence electrons. The molecule has 1 amide bonds. The molecule has 12 heavy (non-hydrogen) atoms. The Hall–Kier alpha value is -1.63. The Labute approximate surface area is 67.8 Å². The average molecular weight is 175 g/mol. The van der Waals surface area contributed by atoms with Crippen molar-refractivity contribution in [2.45, 2.75) is 12.8 Å². The molecular formula is C5H9N3O4. The highest BCUT2D eigenvalue weighted by atomic mass is 16.5. The van der Waals surface area contributed by atoms with E-state index in [4.69, 9.17) is 15.7 Å². The summed E-state index contributed by atoms with van der Waals surface area (Å²) in [4.78, 5) is 20.6. The second-order valence-electron chi connectivity index (χ2n) is 1.93. The van der Waals surface area contributed by atoms with Gasteiger partial charge in [0.2, 0.25) is 11.9 Å². The van der Waals surface area contributed by atoms with Crippen LogP contribution in [0, 0.1) is 5.41 Å². The number of carboxylic acids is 1. The third-order valence-electron chi connectivity index (χ3n) is 0.942. The molecule has 0 radical (unpaired) electrons. The van der Waals surface area contributed by atoms with Crippen LogP contribution in [-0.2, 0) is 9.59 Å². The first-order chi connectivity index (χ1) is 5.56. The van der Waals surface area contributed by atoms with Gasteiger partial charge >= 0.3 is 5.97 Å². The number of guanidine groups is 1. The predicted molar refractivity (Wildman–Crippen MR) is 37.7 cm³/mol. The van der Waals surface area contributed by atoms with Crippen LogP contribution in [0.1, 0.15) is 12.8 Å². The van der Waals surface area contributed by atoms with E-state index in [1.54, 1.807) is 0 Å². The molecule has 0 bridgehead atoms. The average Bonchev–Trinajstić information content (AvgIpc) is 2.00. The van der Waals surface area contributed by atoms with E-state index in [2.05, 4.69) is 0 Å². The molecule has 0 fully saturated rings. The monoisotopic (exact) mass is 175 g/mol. The van der Waals surface area contributed by atoms with Crippen molar-refractivity contribution < 1.29 is 19.9 Å². The van der Waals surface area contributed by atoms with E-state index in [0.717, 1.165) is 0 Å². The third kappa shape index (κ3) is 5.18. The maximum Gasteiger partial charge on any atom is 0.303 e. The van der Waals surface area contributed by atoms with Gasteiger partial charge in [0.1, 0.15) is 0 Å². The summed E-state index contributed by atoms with van der Waals surface area (Å²) in [7, 11) is 0. The third-order valence-corrected chi connectivity index (χ3v) is 0.942. The minimum atomic E-state index is -1.09. The Kier molecular flexibility index (Phi) is 4.39. The number of hydrogen-bond donors (Lipinski definition) is 5. The highest BCUT2D eigenvalue weighted by Gasteiger charge is 2.05. The number of hydrogen-bond acceptors (Lipinski definition) is 4. The van der Waals surface area contributed by atoms with E-state index < -0.39 is 17.8 Å². The zero-order valence-corrected chi connectivity index (χ0v) is 6.13. The maximum absolute atomic E-state index is 10.7. The topological polar surface area (TPSA) is 123 Å². The standard InChI is InChI=1S/C5H9N3O4/c6-5(8-12)7-3(9)1-2-4(10)11/h12H,1-2H2,(H,10,11)(H3,6,7,8,9).